The van der Waals surface area contributed by atoms with E-state index in [4.69, 9.17) is 4.98 Å². The molecule has 1 N–H and O–H groups in total. The van der Waals surface area contributed by atoms with Gasteiger partial charge in [-0.05, 0) is 31.3 Å². The second-order valence-corrected chi connectivity index (χ2v) is 8.26. The van der Waals surface area contributed by atoms with Crippen LogP contribution in [0, 0.1) is 0 Å². The Bertz CT molecular complexity index is 1340. The Morgan fingerprint density at radius 2 is 1.47 bits per heavy atom. The van der Waals surface area contributed by atoms with Crippen LogP contribution in [0.25, 0.3) is 33.4 Å². The van der Waals surface area contributed by atoms with Gasteiger partial charge in [-0.2, -0.15) is 0 Å². The highest BCUT2D eigenvalue weighted by molar-refractivity contribution is 5.83. The largest absolute Gasteiger partial charge is 0.361 e. The Kier molecular flexibility index (Phi) is 5.48. The molecule has 3 aromatic carbocycles. The molecule has 0 saturated heterocycles. The summed E-state index contributed by atoms with van der Waals surface area (Å²) >= 11 is 0. The Morgan fingerprint density at radius 1 is 0.750 bits per heavy atom. The Hall–Kier alpha value is -3.83. The molecule has 32 heavy (non-hydrogen) atoms. The molecule has 5 heteroatoms. The van der Waals surface area contributed by atoms with Crippen LogP contribution in [0.5, 0.6) is 0 Å². The summed E-state index contributed by atoms with van der Waals surface area (Å²) in [7, 11) is 4.15. The van der Waals surface area contributed by atoms with Crippen LogP contribution in [0.4, 0.5) is 0 Å². The van der Waals surface area contributed by atoms with Gasteiger partial charge in [0.1, 0.15) is 11.4 Å². The Labute approximate surface area is 187 Å². The van der Waals surface area contributed by atoms with Gasteiger partial charge in [-0.3, -0.25) is 0 Å². The predicted octanol–water partition coefficient (Wildman–Crippen LogP) is 5.34. The standard InChI is InChI=1S/C27H25N5/c1-32(2)18-19-12-14-21(15-13-19)27-26(20-8-4-3-5-9-20)29-25(30-31-27)16-22-17-28-24-11-7-6-10-23(22)24/h3-15,17,28H,16,18H2,1-2H3. The fourth-order valence-electron chi connectivity index (χ4n) is 4.01. The summed E-state index contributed by atoms with van der Waals surface area (Å²) in [6.07, 6.45) is 2.66. The highest BCUT2D eigenvalue weighted by Crippen LogP contribution is 2.29. The maximum atomic E-state index is 4.98. The van der Waals surface area contributed by atoms with Crippen LogP contribution in [0.1, 0.15) is 17.0 Å². The molecule has 5 rings (SSSR count). The van der Waals surface area contributed by atoms with E-state index < -0.39 is 0 Å². The smallest absolute Gasteiger partial charge is 0.156 e. The summed E-state index contributed by atoms with van der Waals surface area (Å²) in [6, 6.07) is 27.0. The highest BCUT2D eigenvalue weighted by Gasteiger charge is 2.15. The molecule has 5 nitrogen and oxygen atoms in total. The minimum Gasteiger partial charge on any atom is -0.361 e. The molecule has 0 atom stereocenters. The molecule has 0 aliphatic carbocycles. The number of hydrogen-bond donors (Lipinski definition) is 1. The fourth-order valence-corrected chi connectivity index (χ4v) is 4.01. The van der Waals surface area contributed by atoms with E-state index in [1.54, 1.807) is 0 Å². The summed E-state index contributed by atoms with van der Waals surface area (Å²) in [5.41, 5.74) is 7.26. The molecule has 0 unspecified atom stereocenters. The molecule has 0 radical (unpaired) electrons. The average Bonchev–Trinajstić information content (AvgIpc) is 3.23. The number of fused-ring (bicyclic) bond motifs is 1. The summed E-state index contributed by atoms with van der Waals surface area (Å²) in [6.45, 7) is 0.902. The number of nitrogens with one attached hydrogen (secondary N) is 1. The van der Waals surface area contributed by atoms with E-state index in [1.165, 1.54) is 16.5 Å². The van der Waals surface area contributed by atoms with Gasteiger partial charge in [-0.15, -0.1) is 10.2 Å². The van der Waals surface area contributed by atoms with E-state index in [2.05, 4.69) is 88.8 Å². The zero-order chi connectivity index (χ0) is 21.9. The van der Waals surface area contributed by atoms with E-state index in [1.807, 2.05) is 30.5 Å². The molecular weight excluding hydrogens is 394 g/mol. The normalized spacial score (nSPS) is 11.3. The quantitative estimate of drug-likeness (QED) is 0.404. The van der Waals surface area contributed by atoms with Gasteiger partial charge >= 0.3 is 0 Å². The zero-order valence-electron chi connectivity index (χ0n) is 18.3. The molecule has 0 aliphatic rings. The third kappa shape index (κ3) is 4.15. The topological polar surface area (TPSA) is 57.7 Å². The van der Waals surface area contributed by atoms with Crippen LogP contribution in [0.3, 0.4) is 0 Å². The lowest BCUT2D eigenvalue weighted by molar-refractivity contribution is 0.402. The monoisotopic (exact) mass is 419 g/mol. The lowest BCUT2D eigenvalue weighted by atomic mass is 10.0. The van der Waals surface area contributed by atoms with E-state index in [0.29, 0.717) is 12.2 Å². The third-order valence-electron chi connectivity index (χ3n) is 5.53. The molecular formula is C27H25N5. The van der Waals surface area contributed by atoms with E-state index in [-0.39, 0.29) is 0 Å². The van der Waals surface area contributed by atoms with Crippen LogP contribution >= 0.6 is 0 Å². The summed E-state index contributed by atoms with van der Waals surface area (Å²) in [5.74, 6) is 0.710. The van der Waals surface area contributed by atoms with Crippen molar-refractivity contribution in [3.05, 3.63) is 102 Å². The van der Waals surface area contributed by atoms with Gasteiger partial charge in [-0.25, -0.2) is 4.98 Å². The molecule has 158 valence electrons. The maximum Gasteiger partial charge on any atom is 0.156 e. The van der Waals surface area contributed by atoms with Crippen LogP contribution < -0.4 is 0 Å². The second-order valence-electron chi connectivity index (χ2n) is 8.26. The first-order chi connectivity index (χ1) is 15.7. The summed E-state index contributed by atoms with van der Waals surface area (Å²) in [5, 5.41) is 10.3. The summed E-state index contributed by atoms with van der Waals surface area (Å²) < 4.78 is 0. The van der Waals surface area contributed by atoms with E-state index in [9.17, 15) is 0 Å². The zero-order valence-corrected chi connectivity index (χ0v) is 18.3. The van der Waals surface area contributed by atoms with Gasteiger partial charge in [-0.1, -0.05) is 72.8 Å². The highest BCUT2D eigenvalue weighted by atomic mass is 15.2. The van der Waals surface area contributed by atoms with Crippen molar-refractivity contribution in [1.29, 1.82) is 0 Å². The molecule has 0 aliphatic heterocycles. The van der Waals surface area contributed by atoms with Crippen molar-refractivity contribution in [2.45, 2.75) is 13.0 Å². The van der Waals surface area contributed by atoms with Gasteiger partial charge in [0, 0.05) is 41.2 Å². The summed E-state index contributed by atoms with van der Waals surface area (Å²) in [4.78, 5) is 10.5. The number of hydrogen-bond acceptors (Lipinski definition) is 4. The van der Waals surface area contributed by atoms with E-state index in [0.717, 1.165) is 34.6 Å². The molecule has 2 aromatic heterocycles. The Morgan fingerprint density at radius 3 is 2.25 bits per heavy atom. The molecule has 5 aromatic rings. The van der Waals surface area contributed by atoms with Crippen LogP contribution in [-0.2, 0) is 13.0 Å². The number of benzene rings is 3. The Balaban J connectivity index is 1.54. The first-order valence-corrected chi connectivity index (χ1v) is 10.8. The van der Waals surface area contributed by atoms with Gasteiger partial charge in [0.15, 0.2) is 5.82 Å². The minimum atomic E-state index is 0.624. The van der Waals surface area contributed by atoms with Crippen LogP contribution in [0.15, 0.2) is 85.1 Å². The fraction of sp³-hybridized carbons (Fsp3) is 0.148. The molecule has 0 amide bonds. The molecule has 0 fully saturated rings. The van der Waals surface area contributed by atoms with Gasteiger partial charge in [0.25, 0.3) is 0 Å². The van der Waals surface area contributed by atoms with Gasteiger partial charge < -0.3 is 9.88 Å². The van der Waals surface area contributed by atoms with Crippen LogP contribution in [-0.4, -0.2) is 39.2 Å². The number of aromatic amines is 1. The van der Waals surface area contributed by atoms with Crippen molar-refractivity contribution in [1.82, 2.24) is 25.1 Å². The number of aromatic nitrogens is 4. The molecule has 0 spiro atoms. The number of nitrogens with zero attached hydrogens (tertiary/aromatic N) is 4. The third-order valence-corrected chi connectivity index (χ3v) is 5.53. The first-order valence-electron chi connectivity index (χ1n) is 10.8. The van der Waals surface area contributed by atoms with E-state index >= 15 is 0 Å². The number of H-pyrrole nitrogens is 1. The molecule has 0 saturated carbocycles. The second kappa shape index (κ2) is 8.73. The van der Waals surface area contributed by atoms with Crippen molar-refractivity contribution < 1.29 is 0 Å². The number of rotatable bonds is 6. The van der Waals surface area contributed by atoms with Crippen molar-refractivity contribution in [3.8, 4) is 22.5 Å². The first kappa shape index (κ1) is 20.1. The molecule has 0 bridgehead atoms. The van der Waals surface area contributed by atoms with Crippen molar-refractivity contribution in [2.24, 2.45) is 0 Å². The van der Waals surface area contributed by atoms with Crippen molar-refractivity contribution in [3.63, 3.8) is 0 Å². The van der Waals surface area contributed by atoms with Crippen molar-refractivity contribution >= 4 is 10.9 Å². The lowest BCUT2D eigenvalue weighted by Gasteiger charge is -2.12. The lowest BCUT2D eigenvalue weighted by Crippen LogP contribution is -2.10. The predicted molar refractivity (Wildman–Crippen MR) is 129 cm³/mol. The van der Waals surface area contributed by atoms with Gasteiger partial charge in [0.2, 0.25) is 0 Å². The van der Waals surface area contributed by atoms with Crippen molar-refractivity contribution in [2.75, 3.05) is 14.1 Å². The minimum absolute atomic E-state index is 0.624. The molecule has 2 heterocycles. The van der Waals surface area contributed by atoms with Gasteiger partial charge in [0.05, 0.1) is 0 Å². The SMILES string of the molecule is CN(C)Cc1ccc(-c2nnc(Cc3c[nH]c4ccccc34)nc2-c2ccccc2)cc1. The van der Waals surface area contributed by atoms with Crippen LogP contribution in [0.2, 0.25) is 0 Å². The maximum absolute atomic E-state index is 4.98. The average molecular weight is 420 g/mol. The number of para-hydroxylation sites is 1.